The number of urea groups is 1. The third kappa shape index (κ3) is 3.92. The van der Waals surface area contributed by atoms with Gasteiger partial charge < -0.3 is 15.5 Å². The Balaban J connectivity index is 2.85. The van der Waals surface area contributed by atoms with Crippen molar-refractivity contribution in [2.45, 2.75) is 13.0 Å². The molecule has 0 fully saturated rings. The number of aliphatic hydroxyl groups excluding tert-OH is 1. The summed E-state index contributed by atoms with van der Waals surface area (Å²) in [6.07, 6.45) is 0. The van der Waals surface area contributed by atoms with Crippen LogP contribution in [0.15, 0.2) is 24.3 Å². The van der Waals surface area contributed by atoms with Crippen LogP contribution in [0.3, 0.4) is 0 Å². The van der Waals surface area contributed by atoms with Crippen LogP contribution in [-0.4, -0.2) is 41.4 Å². The Hall–Kier alpha value is -2.15. The fourth-order valence-electron chi connectivity index (χ4n) is 1.50. The van der Waals surface area contributed by atoms with Gasteiger partial charge in [-0.3, -0.25) is 4.90 Å². The molecule has 0 aliphatic rings. The molecule has 19 heavy (non-hydrogen) atoms. The number of hydrogen-bond donors (Lipinski definition) is 3. The van der Waals surface area contributed by atoms with E-state index in [0.29, 0.717) is 5.69 Å². The predicted molar refractivity (Wildman–Crippen MR) is 66.5 cm³/mol. The highest BCUT2D eigenvalue weighted by molar-refractivity contribution is 5.94. The summed E-state index contributed by atoms with van der Waals surface area (Å²) in [5.74, 6) is -1.84. The Bertz CT molecular complexity index is 467. The predicted octanol–water partition coefficient (Wildman–Crippen LogP) is 0.807. The standard InChI is InChI=1S/C12H15FN2O4/c1-2-15(9-5-3-4-8(13)6-9)12(19)14-10(7-16)11(17)18/h3-6,10,16H,2,7H2,1H3,(H,14,19)(H,17,18)/t10-/m0/s1. The second kappa shape index (κ2) is 6.69. The summed E-state index contributed by atoms with van der Waals surface area (Å²) in [5.41, 5.74) is 0.307. The number of benzene rings is 1. The van der Waals surface area contributed by atoms with Crippen LogP contribution >= 0.6 is 0 Å². The van der Waals surface area contributed by atoms with Crippen LogP contribution in [0.1, 0.15) is 6.92 Å². The van der Waals surface area contributed by atoms with Crippen molar-refractivity contribution in [2.24, 2.45) is 0 Å². The maximum atomic E-state index is 13.1. The fourth-order valence-corrected chi connectivity index (χ4v) is 1.50. The maximum Gasteiger partial charge on any atom is 0.328 e. The Morgan fingerprint density at radius 3 is 2.63 bits per heavy atom. The molecule has 0 aliphatic heterocycles. The van der Waals surface area contributed by atoms with Crippen molar-refractivity contribution in [3.8, 4) is 0 Å². The first-order valence-corrected chi connectivity index (χ1v) is 5.66. The molecule has 0 saturated heterocycles. The van der Waals surface area contributed by atoms with Crippen LogP contribution in [0.4, 0.5) is 14.9 Å². The van der Waals surface area contributed by atoms with Gasteiger partial charge in [-0.15, -0.1) is 0 Å². The number of carbonyl (C=O) groups is 2. The first-order chi connectivity index (χ1) is 8.99. The Morgan fingerprint density at radius 2 is 2.16 bits per heavy atom. The number of anilines is 1. The normalized spacial score (nSPS) is 11.7. The van der Waals surface area contributed by atoms with Crippen molar-refractivity contribution in [3.05, 3.63) is 30.1 Å². The first-order valence-electron chi connectivity index (χ1n) is 5.66. The lowest BCUT2D eigenvalue weighted by Gasteiger charge is -2.23. The second-order valence-electron chi connectivity index (χ2n) is 3.75. The number of halogens is 1. The molecule has 1 aromatic carbocycles. The fraction of sp³-hybridized carbons (Fsp3) is 0.333. The molecule has 7 heteroatoms. The quantitative estimate of drug-likeness (QED) is 0.738. The topological polar surface area (TPSA) is 89.9 Å². The van der Waals surface area contributed by atoms with Gasteiger partial charge in [0, 0.05) is 12.2 Å². The summed E-state index contributed by atoms with van der Waals surface area (Å²) in [6.45, 7) is 1.17. The molecule has 1 atom stereocenters. The van der Waals surface area contributed by atoms with Gasteiger partial charge in [0.2, 0.25) is 0 Å². The largest absolute Gasteiger partial charge is 0.480 e. The van der Waals surface area contributed by atoms with E-state index in [2.05, 4.69) is 5.32 Å². The average molecular weight is 270 g/mol. The lowest BCUT2D eigenvalue weighted by molar-refractivity contribution is -0.140. The van der Waals surface area contributed by atoms with Crippen LogP contribution < -0.4 is 10.2 Å². The van der Waals surface area contributed by atoms with E-state index in [9.17, 15) is 14.0 Å². The average Bonchev–Trinajstić information content (AvgIpc) is 2.36. The van der Waals surface area contributed by atoms with Crippen LogP contribution in [-0.2, 0) is 4.79 Å². The minimum absolute atomic E-state index is 0.229. The monoisotopic (exact) mass is 270 g/mol. The number of amides is 2. The molecule has 0 aliphatic carbocycles. The SMILES string of the molecule is CCN(C(=O)N[C@@H](CO)C(=O)O)c1cccc(F)c1. The van der Waals surface area contributed by atoms with Gasteiger partial charge in [-0.25, -0.2) is 14.0 Å². The summed E-state index contributed by atoms with van der Waals surface area (Å²) in [4.78, 5) is 23.8. The van der Waals surface area contributed by atoms with Crippen molar-refractivity contribution < 1.29 is 24.2 Å². The van der Waals surface area contributed by atoms with E-state index in [-0.39, 0.29) is 6.54 Å². The summed E-state index contributed by atoms with van der Waals surface area (Å²) in [7, 11) is 0. The van der Waals surface area contributed by atoms with E-state index in [4.69, 9.17) is 10.2 Å². The number of aliphatic hydroxyl groups is 1. The molecule has 0 heterocycles. The van der Waals surface area contributed by atoms with Gasteiger partial charge in [-0.1, -0.05) is 6.07 Å². The van der Waals surface area contributed by atoms with Crippen molar-refractivity contribution in [3.63, 3.8) is 0 Å². The molecule has 1 aromatic rings. The number of nitrogens with zero attached hydrogens (tertiary/aromatic N) is 1. The smallest absolute Gasteiger partial charge is 0.328 e. The molecule has 0 spiro atoms. The molecule has 104 valence electrons. The lowest BCUT2D eigenvalue weighted by Crippen LogP contribution is -2.49. The van der Waals surface area contributed by atoms with Gasteiger partial charge in [0.25, 0.3) is 0 Å². The molecule has 6 nitrogen and oxygen atoms in total. The minimum atomic E-state index is -1.39. The number of carboxylic acid groups (broad SMARTS) is 1. The number of hydrogen-bond acceptors (Lipinski definition) is 3. The highest BCUT2D eigenvalue weighted by Gasteiger charge is 2.22. The van der Waals surface area contributed by atoms with E-state index in [1.807, 2.05) is 0 Å². The molecule has 0 saturated carbocycles. The summed E-state index contributed by atoms with van der Waals surface area (Å²) >= 11 is 0. The zero-order chi connectivity index (χ0) is 14.4. The van der Waals surface area contributed by atoms with E-state index in [1.165, 1.54) is 23.1 Å². The number of rotatable bonds is 5. The third-order valence-electron chi connectivity index (χ3n) is 2.46. The number of carbonyl (C=O) groups excluding carboxylic acids is 1. The molecule has 1 rings (SSSR count). The molecule has 2 amide bonds. The number of carboxylic acids is 1. The molecular weight excluding hydrogens is 255 g/mol. The van der Waals surface area contributed by atoms with Crippen molar-refractivity contribution in [2.75, 3.05) is 18.1 Å². The summed E-state index contributed by atoms with van der Waals surface area (Å²) < 4.78 is 13.1. The van der Waals surface area contributed by atoms with Crippen LogP contribution in [0.5, 0.6) is 0 Å². The van der Waals surface area contributed by atoms with Crippen molar-refractivity contribution in [1.82, 2.24) is 5.32 Å². The Kier molecular flexibility index (Phi) is 5.25. The van der Waals surface area contributed by atoms with Gasteiger partial charge in [-0.2, -0.15) is 0 Å². The summed E-state index contributed by atoms with van der Waals surface area (Å²) in [5, 5.41) is 19.7. The number of aliphatic carboxylic acids is 1. The van der Waals surface area contributed by atoms with Gasteiger partial charge in [0.05, 0.1) is 6.61 Å². The zero-order valence-corrected chi connectivity index (χ0v) is 10.3. The number of nitrogens with one attached hydrogen (secondary N) is 1. The molecule has 0 radical (unpaired) electrons. The van der Waals surface area contributed by atoms with E-state index in [1.54, 1.807) is 6.92 Å². The van der Waals surface area contributed by atoms with Crippen LogP contribution in [0.2, 0.25) is 0 Å². The van der Waals surface area contributed by atoms with Crippen LogP contribution in [0, 0.1) is 5.82 Å². The zero-order valence-electron chi connectivity index (χ0n) is 10.3. The summed E-state index contributed by atoms with van der Waals surface area (Å²) in [6, 6.07) is 3.27. The molecular formula is C12H15FN2O4. The van der Waals surface area contributed by atoms with Gasteiger partial charge in [0.1, 0.15) is 5.82 Å². The van der Waals surface area contributed by atoms with Crippen molar-refractivity contribution >= 4 is 17.7 Å². The van der Waals surface area contributed by atoms with Crippen LogP contribution in [0.25, 0.3) is 0 Å². The van der Waals surface area contributed by atoms with E-state index >= 15 is 0 Å². The van der Waals surface area contributed by atoms with Gasteiger partial charge in [0.15, 0.2) is 6.04 Å². The molecule has 0 aromatic heterocycles. The maximum absolute atomic E-state index is 13.1. The molecule has 0 unspecified atom stereocenters. The molecule has 0 bridgehead atoms. The first kappa shape index (κ1) is 14.9. The Labute approximate surface area is 109 Å². The Morgan fingerprint density at radius 1 is 1.47 bits per heavy atom. The molecule has 3 N–H and O–H groups in total. The van der Waals surface area contributed by atoms with E-state index in [0.717, 1.165) is 6.07 Å². The lowest BCUT2D eigenvalue weighted by atomic mass is 10.2. The third-order valence-corrected chi connectivity index (χ3v) is 2.46. The minimum Gasteiger partial charge on any atom is -0.480 e. The highest BCUT2D eigenvalue weighted by atomic mass is 19.1. The highest BCUT2D eigenvalue weighted by Crippen LogP contribution is 2.15. The van der Waals surface area contributed by atoms with Gasteiger partial charge in [-0.05, 0) is 25.1 Å². The van der Waals surface area contributed by atoms with E-state index < -0.39 is 30.5 Å². The van der Waals surface area contributed by atoms with Crippen molar-refractivity contribution in [1.29, 1.82) is 0 Å². The second-order valence-corrected chi connectivity index (χ2v) is 3.75. The van der Waals surface area contributed by atoms with Gasteiger partial charge >= 0.3 is 12.0 Å².